The molecule has 5 rings (SSSR count). The second-order valence-electron chi connectivity index (χ2n) is 6.75. The topological polar surface area (TPSA) is 41.9 Å². The van der Waals surface area contributed by atoms with Crippen molar-refractivity contribution in [3.63, 3.8) is 0 Å². The third-order valence-corrected chi connectivity index (χ3v) is 6.84. The largest absolute Gasteiger partial charge is 0.293 e. The van der Waals surface area contributed by atoms with E-state index in [4.69, 9.17) is 21.6 Å². The molecule has 0 saturated heterocycles. The van der Waals surface area contributed by atoms with Crippen LogP contribution in [0.1, 0.15) is 17.0 Å². The van der Waals surface area contributed by atoms with Crippen LogP contribution in [0.3, 0.4) is 0 Å². The first-order valence-electron chi connectivity index (χ1n) is 9.06. The molecule has 0 N–H and O–H groups in total. The molecule has 0 unspecified atom stereocenters. The van der Waals surface area contributed by atoms with E-state index in [1.54, 1.807) is 22.7 Å². The Morgan fingerprint density at radius 1 is 1.07 bits per heavy atom. The molecule has 1 aromatic carbocycles. The van der Waals surface area contributed by atoms with Gasteiger partial charge in [-0.15, -0.1) is 22.7 Å². The normalized spacial score (nSPS) is 14.2. The fourth-order valence-electron chi connectivity index (χ4n) is 3.37. The van der Waals surface area contributed by atoms with Crippen molar-refractivity contribution in [3.05, 3.63) is 75.3 Å². The van der Waals surface area contributed by atoms with Gasteiger partial charge in [-0.05, 0) is 23.6 Å². The summed E-state index contributed by atoms with van der Waals surface area (Å²) < 4.78 is 0. The predicted octanol–water partition coefficient (Wildman–Crippen LogP) is 5.54. The molecule has 0 spiro atoms. The van der Waals surface area contributed by atoms with Gasteiger partial charge in [-0.2, -0.15) is 0 Å². The molecule has 0 fully saturated rings. The second kappa shape index (κ2) is 7.72. The Hall–Kier alpha value is -2.12. The standard InChI is InChI=1S/C21H17ClN4S2/c22-16-5-3-14(4-6-16)21-24-17(13-28-21)12-26-8-7-18-15(11-26)10-23-20(25-18)19-2-1-9-27-19/h1-6,9-10,13H,7-8,11-12H2. The first-order valence-corrected chi connectivity index (χ1v) is 11.2. The van der Waals surface area contributed by atoms with Crippen LogP contribution in [0, 0.1) is 0 Å². The number of halogens is 1. The van der Waals surface area contributed by atoms with E-state index < -0.39 is 0 Å². The maximum Gasteiger partial charge on any atom is 0.169 e. The second-order valence-corrected chi connectivity index (χ2v) is 9.00. The average molecular weight is 425 g/mol. The molecule has 0 saturated carbocycles. The van der Waals surface area contributed by atoms with E-state index in [9.17, 15) is 0 Å². The fraction of sp³-hybridized carbons (Fsp3) is 0.190. The number of thiophene rings is 1. The number of nitrogens with zero attached hydrogens (tertiary/aromatic N) is 4. The fourth-order valence-corrected chi connectivity index (χ4v) is 4.98. The Balaban J connectivity index is 1.29. The minimum Gasteiger partial charge on any atom is -0.293 e. The summed E-state index contributed by atoms with van der Waals surface area (Å²) >= 11 is 9.34. The zero-order chi connectivity index (χ0) is 18.9. The molecular weight excluding hydrogens is 408 g/mol. The van der Waals surface area contributed by atoms with E-state index in [2.05, 4.69) is 26.7 Å². The van der Waals surface area contributed by atoms with Crippen LogP contribution < -0.4 is 0 Å². The van der Waals surface area contributed by atoms with E-state index in [-0.39, 0.29) is 0 Å². The quantitative estimate of drug-likeness (QED) is 0.431. The first kappa shape index (κ1) is 17.9. The third kappa shape index (κ3) is 3.73. The Labute approximate surface area is 176 Å². The van der Waals surface area contributed by atoms with E-state index >= 15 is 0 Å². The summed E-state index contributed by atoms with van der Waals surface area (Å²) in [6, 6.07) is 12.0. The van der Waals surface area contributed by atoms with E-state index in [0.717, 1.165) is 58.0 Å². The number of rotatable bonds is 4. The van der Waals surface area contributed by atoms with Crippen LogP contribution in [0.15, 0.2) is 53.4 Å². The van der Waals surface area contributed by atoms with Crippen LogP contribution in [0.5, 0.6) is 0 Å². The molecule has 0 amide bonds. The van der Waals surface area contributed by atoms with Crippen molar-refractivity contribution >= 4 is 34.3 Å². The molecule has 1 aliphatic rings. The molecule has 4 nitrogen and oxygen atoms in total. The maximum absolute atomic E-state index is 5.98. The van der Waals surface area contributed by atoms with Crippen LogP contribution in [-0.4, -0.2) is 26.4 Å². The SMILES string of the molecule is Clc1ccc(-c2nc(CN3CCc4nc(-c5cccs5)ncc4C3)cs2)cc1. The van der Waals surface area contributed by atoms with Gasteiger partial charge in [-0.1, -0.05) is 29.8 Å². The van der Waals surface area contributed by atoms with Crippen molar-refractivity contribution in [2.75, 3.05) is 6.54 Å². The molecule has 0 aliphatic carbocycles. The molecule has 7 heteroatoms. The lowest BCUT2D eigenvalue weighted by Crippen LogP contribution is -2.31. The highest BCUT2D eigenvalue weighted by atomic mass is 35.5. The monoisotopic (exact) mass is 424 g/mol. The molecule has 4 aromatic rings. The highest BCUT2D eigenvalue weighted by Crippen LogP contribution is 2.27. The first-order chi connectivity index (χ1) is 13.7. The Bertz CT molecular complexity index is 1090. The Morgan fingerprint density at radius 3 is 2.79 bits per heavy atom. The number of hydrogen-bond donors (Lipinski definition) is 0. The van der Waals surface area contributed by atoms with Crippen LogP contribution in [0.2, 0.25) is 5.02 Å². The summed E-state index contributed by atoms with van der Waals surface area (Å²) in [5.41, 5.74) is 4.61. The molecule has 1 aliphatic heterocycles. The van der Waals surface area contributed by atoms with E-state index in [1.165, 1.54) is 11.3 Å². The van der Waals surface area contributed by atoms with Gasteiger partial charge in [0.15, 0.2) is 5.82 Å². The summed E-state index contributed by atoms with van der Waals surface area (Å²) in [7, 11) is 0. The summed E-state index contributed by atoms with van der Waals surface area (Å²) in [6.07, 6.45) is 2.94. The summed E-state index contributed by atoms with van der Waals surface area (Å²) in [6.45, 7) is 2.70. The Kier molecular flexibility index (Phi) is 4.94. The van der Waals surface area contributed by atoms with Crippen LogP contribution in [0.4, 0.5) is 0 Å². The maximum atomic E-state index is 5.98. The van der Waals surface area contributed by atoms with Gasteiger partial charge in [-0.3, -0.25) is 4.90 Å². The molecule has 0 radical (unpaired) electrons. The van der Waals surface area contributed by atoms with Crippen molar-refractivity contribution in [2.24, 2.45) is 0 Å². The average Bonchev–Trinajstić information content (AvgIpc) is 3.41. The van der Waals surface area contributed by atoms with E-state index in [1.807, 2.05) is 36.5 Å². The molecule has 140 valence electrons. The molecule has 28 heavy (non-hydrogen) atoms. The summed E-state index contributed by atoms with van der Waals surface area (Å²) in [5.74, 6) is 0.842. The summed E-state index contributed by atoms with van der Waals surface area (Å²) in [5, 5.41) is 5.99. The van der Waals surface area contributed by atoms with Crippen molar-refractivity contribution in [1.29, 1.82) is 0 Å². The van der Waals surface area contributed by atoms with Gasteiger partial charge < -0.3 is 0 Å². The minimum absolute atomic E-state index is 0.747. The molecule has 0 bridgehead atoms. The zero-order valence-corrected chi connectivity index (χ0v) is 17.4. The zero-order valence-electron chi connectivity index (χ0n) is 15.0. The van der Waals surface area contributed by atoms with Crippen molar-refractivity contribution in [3.8, 4) is 21.3 Å². The van der Waals surface area contributed by atoms with Gasteiger partial charge >= 0.3 is 0 Å². The van der Waals surface area contributed by atoms with Crippen molar-refractivity contribution < 1.29 is 0 Å². The van der Waals surface area contributed by atoms with Crippen LogP contribution in [0.25, 0.3) is 21.3 Å². The number of thiazole rings is 1. The van der Waals surface area contributed by atoms with Gasteiger partial charge in [0.25, 0.3) is 0 Å². The lowest BCUT2D eigenvalue weighted by molar-refractivity contribution is 0.240. The predicted molar refractivity (Wildman–Crippen MR) is 116 cm³/mol. The van der Waals surface area contributed by atoms with Crippen LogP contribution in [-0.2, 0) is 19.5 Å². The van der Waals surface area contributed by atoms with Gasteiger partial charge in [-0.25, -0.2) is 15.0 Å². The summed E-state index contributed by atoms with van der Waals surface area (Å²) in [4.78, 5) is 17.7. The number of aromatic nitrogens is 3. The lowest BCUT2D eigenvalue weighted by Gasteiger charge is -2.27. The molecule has 4 heterocycles. The highest BCUT2D eigenvalue weighted by molar-refractivity contribution is 7.13. The van der Waals surface area contributed by atoms with Gasteiger partial charge in [0.1, 0.15) is 5.01 Å². The van der Waals surface area contributed by atoms with Gasteiger partial charge in [0, 0.05) is 53.8 Å². The van der Waals surface area contributed by atoms with Crippen LogP contribution >= 0.6 is 34.3 Å². The number of fused-ring (bicyclic) bond motifs is 1. The smallest absolute Gasteiger partial charge is 0.169 e. The van der Waals surface area contributed by atoms with Gasteiger partial charge in [0.05, 0.1) is 16.3 Å². The minimum atomic E-state index is 0.747. The molecule has 0 atom stereocenters. The number of hydrogen-bond acceptors (Lipinski definition) is 6. The van der Waals surface area contributed by atoms with Crippen molar-refractivity contribution in [2.45, 2.75) is 19.5 Å². The number of benzene rings is 1. The van der Waals surface area contributed by atoms with Crippen molar-refractivity contribution in [1.82, 2.24) is 19.9 Å². The van der Waals surface area contributed by atoms with Gasteiger partial charge in [0.2, 0.25) is 0 Å². The van der Waals surface area contributed by atoms with E-state index in [0.29, 0.717) is 0 Å². The third-order valence-electron chi connectivity index (χ3n) is 4.78. The highest BCUT2D eigenvalue weighted by Gasteiger charge is 2.20. The Morgan fingerprint density at radius 2 is 1.96 bits per heavy atom. The lowest BCUT2D eigenvalue weighted by atomic mass is 10.1. The molecule has 3 aromatic heterocycles. The molecular formula is C21H17ClN4S2.